The molecule has 8 heteroatoms. The van der Waals surface area contributed by atoms with E-state index in [0.29, 0.717) is 25.1 Å². The van der Waals surface area contributed by atoms with Crippen molar-refractivity contribution < 1.29 is 23.1 Å². The molecular formula is C35H39F2N3O3. The molecule has 1 aliphatic rings. The van der Waals surface area contributed by atoms with Crippen LogP contribution >= 0.6 is 0 Å². The smallest absolute Gasteiger partial charge is 0.306 e. The van der Waals surface area contributed by atoms with Crippen LogP contribution < -0.4 is 10.2 Å². The van der Waals surface area contributed by atoms with Crippen molar-refractivity contribution in [3.8, 4) is 0 Å². The topological polar surface area (TPSA) is 74.4 Å². The molecule has 1 atom stereocenters. The number of H-pyrrole nitrogens is 1. The number of nitrogens with zero attached hydrogens (tertiary/aromatic N) is 1. The summed E-state index contributed by atoms with van der Waals surface area (Å²) in [6.45, 7) is 5.74. The second-order valence-corrected chi connectivity index (χ2v) is 12.3. The Hall–Kier alpha value is -4.20. The Morgan fingerprint density at radius 1 is 1.05 bits per heavy atom. The van der Waals surface area contributed by atoms with Gasteiger partial charge >= 0.3 is 5.97 Å². The highest BCUT2D eigenvalue weighted by atomic mass is 19.3. The zero-order chi connectivity index (χ0) is 30.6. The van der Waals surface area contributed by atoms with Crippen LogP contribution in [0.5, 0.6) is 0 Å². The Kier molecular flexibility index (Phi) is 8.85. The number of nitrogens with one attached hydrogen (secondary N) is 2. The number of aryl methyl sites for hydroxylation is 1. The lowest BCUT2D eigenvalue weighted by atomic mass is 9.95. The molecule has 0 aliphatic carbocycles. The fourth-order valence-corrected chi connectivity index (χ4v) is 5.75. The van der Waals surface area contributed by atoms with E-state index in [4.69, 9.17) is 4.74 Å². The van der Waals surface area contributed by atoms with Gasteiger partial charge in [-0.15, -0.1) is 0 Å². The fraction of sp³-hybridized carbons (Fsp3) is 0.371. The van der Waals surface area contributed by atoms with Gasteiger partial charge in [-0.3, -0.25) is 9.59 Å². The molecule has 1 unspecified atom stereocenters. The number of para-hydroxylation sites is 1. The maximum atomic E-state index is 14.4. The number of aromatic nitrogens is 1. The summed E-state index contributed by atoms with van der Waals surface area (Å²) in [5.74, 6) is -3.19. The number of hydrogen-bond donors (Lipinski definition) is 2. The lowest BCUT2D eigenvalue weighted by Crippen LogP contribution is -2.43. The van der Waals surface area contributed by atoms with Crippen molar-refractivity contribution in [2.75, 3.05) is 18.0 Å². The highest BCUT2D eigenvalue weighted by Crippen LogP contribution is 2.36. The van der Waals surface area contributed by atoms with Crippen molar-refractivity contribution in [3.63, 3.8) is 0 Å². The van der Waals surface area contributed by atoms with Crippen molar-refractivity contribution in [1.82, 2.24) is 10.3 Å². The minimum atomic E-state index is -2.75. The summed E-state index contributed by atoms with van der Waals surface area (Å²) < 4.78 is 34.2. The number of amides is 1. The SMILES string of the molecule is CC(C)(C)OC(=O)CCc1c[nH]c2ccc(CC(=O)NC(c3ccccc3)c3ccccc3N3CCCC(F)(F)C3)cc12. The van der Waals surface area contributed by atoms with Gasteiger partial charge in [-0.2, -0.15) is 0 Å². The van der Waals surface area contributed by atoms with E-state index in [2.05, 4.69) is 10.3 Å². The van der Waals surface area contributed by atoms with E-state index < -0.39 is 17.6 Å². The molecular weight excluding hydrogens is 548 g/mol. The minimum Gasteiger partial charge on any atom is -0.460 e. The van der Waals surface area contributed by atoms with Crippen molar-refractivity contribution >= 4 is 28.5 Å². The molecule has 6 nitrogen and oxygen atoms in total. The van der Waals surface area contributed by atoms with E-state index in [1.54, 1.807) is 4.90 Å². The van der Waals surface area contributed by atoms with Gasteiger partial charge in [0.05, 0.1) is 19.0 Å². The summed E-state index contributed by atoms with van der Waals surface area (Å²) in [6, 6.07) is 22.4. The molecule has 0 spiro atoms. The number of rotatable bonds is 9. The molecule has 1 saturated heterocycles. The minimum absolute atomic E-state index is 0.112. The van der Waals surface area contributed by atoms with Crippen LogP contribution in [-0.2, 0) is 27.2 Å². The van der Waals surface area contributed by atoms with Gasteiger partial charge in [0.1, 0.15) is 5.60 Å². The number of anilines is 1. The number of benzene rings is 3. The summed E-state index contributed by atoms with van der Waals surface area (Å²) in [5.41, 5.74) is 4.57. The number of halogens is 2. The zero-order valence-corrected chi connectivity index (χ0v) is 25.0. The van der Waals surface area contributed by atoms with Gasteiger partial charge in [0.15, 0.2) is 0 Å². The molecule has 43 heavy (non-hydrogen) atoms. The average Bonchev–Trinajstić information content (AvgIpc) is 3.36. The van der Waals surface area contributed by atoms with Gasteiger partial charge in [-0.1, -0.05) is 54.6 Å². The first-order valence-electron chi connectivity index (χ1n) is 14.8. The lowest BCUT2D eigenvalue weighted by Gasteiger charge is -2.36. The predicted molar refractivity (Wildman–Crippen MR) is 165 cm³/mol. The molecule has 2 N–H and O–H groups in total. The summed E-state index contributed by atoms with van der Waals surface area (Å²) in [6.07, 6.45) is 3.11. The predicted octanol–water partition coefficient (Wildman–Crippen LogP) is 7.13. The normalized spacial score (nSPS) is 15.7. The molecule has 1 aliphatic heterocycles. The van der Waals surface area contributed by atoms with Crippen LogP contribution in [0.2, 0.25) is 0 Å². The largest absolute Gasteiger partial charge is 0.460 e. The van der Waals surface area contributed by atoms with Gasteiger partial charge in [0.25, 0.3) is 5.92 Å². The van der Waals surface area contributed by atoms with Crippen LogP contribution in [-0.4, -0.2) is 41.5 Å². The third-order valence-electron chi connectivity index (χ3n) is 7.63. The summed E-state index contributed by atoms with van der Waals surface area (Å²) >= 11 is 0. The van der Waals surface area contributed by atoms with Crippen molar-refractivity contribution in [2.45, 2.75) is 70.4 Å². The van der Waals surface area contributed by atoms with Crippen LogP contribution in [0.1, 0.15) is 68.3 Å². The first-order chi connectivity index (χ1) is 20.5. The van der Waals surface area contributed by atoms with Crippen LogP contribution in [0.15, 0.2) is 79.0 Å². The third kappa shape index (κ3) is 7.80. The quantitative estimate of drug-likeness (QED) is 0.205. The van der Waals surface area contributed by atoms with E-state index >= 15 is 0 Å². The van der Waals surface area contributed by atoms with Crippen LogP contribution in [0.4, 0.5) is 14.5 Å². The molecule has 1 aromatic heterocycles. The number of carbonyl (C=O) groups excluding carboxylic acids is 2. The average molecular weight is 588 g/mol. The molecule has 0 bridgehead atoms. The van der Waals surface area contributed by atoms with E-state index in [-0.39, 0.29) is 37.7 Å². The first-order valence-corrected chi connectivity index (χ1v) is 14.8. The van der Waals surface area contributed by atoms with Gasteiger partial charge in [0.2, 0.25) is 5.91 Å². The molecule has 0 radical (unpaired) electrons. The van der Waals surface area contributed by atoms with Gasteiger partial charge in [-0.25, -0.2) is 8.78 Å². The summed E-state index contributed by atoms with van der Waals surface area (Å²) in [4.78, 5) is 30.8. The zero-order valence-electron chi connectivity index (χ0n) is 25.0. The number of piperidine rings is 1. The third-order valence-corrected chi connectivity index (χ3v) is 7.63. The summed E-state index contributed by atoms with van der Waals surface area (Å²) in [5, 5.41) is 4.16. The number of ether oxygens (including phenoxy) is 1. The number of fused-ring (bicyclic) bond motifs is 1. The van der Waals surface area contributed by atoms with Crippen molar-refractivity contribution in [1.29, 1.82) is 0 Å². The van der Waals surface area contributed by atoms with Gasteiger partial charge in [-0.05, 0) is 68.5 Å². The van der Waals surface area contributed by atoms with E-state index in [0.717, 1.165) is 33.2 Å². The fourth-order valence-electron chi connectivity index (χ4n) is 5.75. The highest BCUT2D eigenvalue weighted by molar-refractivity contribution is 5.87. The molecule has 5 rings (SSSR count). The molecule has 3 aromatic carbocycles. The van der Waals surface area contributed by atoms with E-state index in [1.807, 2.05) is 99.8 Å². The molecule has 1 amide bonds. The maximum Gasteiger partial charge on any atom is 0.306 e. The molecule has 226 valence electrons. The van der Waals surface area contributed by atoms with Crippen LogP contribution in [0.25, 0.3) is 10.9 Å². The number of hydrogen-bond acceptors (Lipinski definition) is 4. The van der Waals surface area contributed by atoms with Crippen molar-refractivity contribution in [3.05, 3.63) is 101 Å². The Bertz CT molecular complexity index is 1580. The number of aromatic amines is 1. The number of alkyl halides is 2. The Balaban J connectivity index is 1.36. The Morgan fingerprint density at radius 2 is 1.79 bits per heavy atom. The van der Waals surface area contributed by atoms with E-state index in [1.165, 1.54) is 0 Å². The van der Waals surface area contributed by atoms with Gasteiger partial charge < -0.3 is 19.9 Å². The second-order valence-electron chi connectivity index (χ2n) is 12.3. The number of carbonyl (C=O) groups is 2. The molecule has 0 saturated carbocycles. The lowest BCUT2D eigenvalue weighted by molar-refractivity contribution is -0.154. The van der Waals surface area contributed by atoms with Crippen LogP contribution in [0, 0.1) is 0 Å². The first kappa shape index (κ1) is 30.3. The van der Waals surface area contributed by atoms with Crippen molar-refractivity contribution in [2.24, 2.45) is 0 Å². The maximum absolute atomic E-state index is 14.4. The van der Waals surface area contributed by atoms with E-state index in [9.17, 15) is 18.4 Å². The molecule has 2 heterocycles. The summed E-state index contributed by atoms with van der Waals surface area (Å²) in [7, 11) is 0. The monoisotopic (exact) mass is 587 g/mol. The Morgan fingerprint density at radius 3 is 2.53 bits per heavy atom. The second kappa shape index (κ2) is 12.6. The Labute approximate surface area is 251 Å². The number of esters is 1. The standard InChI is InChI=1S/C35H39F2N3O3/c1-34(2,3)43-32(42)17-15-26-22-38-29-16-14-24(20-28(26)29)21-31(41)39-33(25-10-5-4-6-11-25)27-12-7-8-13-30(27)40-19-9-18-35(36,37)23-40/h4-8,10-14,16,20,22,33,38H,9,15,17-19,21,23H2,1-3H3,(H,39,41). The van der Waals surface area contributed by atoms with Gasteiger partial charge in [0, 0.05) is 47.7 Å². The highest BCUT2D eigenvalue weighted by Gasteiger charge is 2.36. The molecule has 1 fully saturated rings. The molecule has 4 aromatic rings. The van der Waals surface area contributed by atoms with Crippen LogP contribution in [0.3, 0.4) is 0 Å².